The van der Waals surface area contributed by atoms with Crippen LogP contribution in [0.1, 0.15) is 19.8 Å². The average Bonchev–Trinajstić information content (AvgIpc) is 1.95. The molecule has 1 atom stereocenters. The van der Waals surface area contributed by atoms with Crippen molar-refractivity contribution in [2.45, 2.75) is 39.4 Å². The molecule has 1 unspecified atom stereocenters. The second-order valence-corrected chi connectivity index (χ2v) is 9.04. The van der Waals surface area contributed by atoms with Gasteiger partial charge in [-0.15, -0.1) is 11.5 Å². The van der Waals surface area contributed by atoms with Crippen LogP contribution in [-0.2, 0) is 0 Å². The Morgan fingerprint density at radius 3 is 2.33 bits per heavy atom. The fourth-order valence-corrected chi connectivity index (χ4v) is 1.49. The molecule has 2 heteroatoms. The average molecular weight is 184 g/mol. The maximum Gasteiger partial charge on any atom is 0.129 e. The second kappa shape index (κ2) is 5.39. The molecular weight excluding hydrogens is 164 g/mol. The van der Waals surface area contributed by atoms with Gasteiger partial charge in [0.25, 0.3) is 0 Å². The Bertz CT molecular complexity index is 171. The van der Waals surface area contributed by atoms with E-state index in [0.29, 0.717) is 12.5 Å². The van der Waals surface area contributed by atoms with E-state index >= 15 is 0 Å². The first-order valence-electron chi connectivity index (χ1n) is 4.59. The van der Waals surface area contributed by atoms with Gasteiger partial charge in [0.1, 0.15) is 8.07 Å². The minimum atomic E-state index is -1.18. The van der Waals surface area contributed by atoms with Gasteiger partial charge >= 0.3 is 0 Å². The van der Waals surface area contributed by atoms with Crippen molar-refractivity contribution in [2.75, 3.05) is 6.61 Å². The first-order chi connectivity index (χ1) is 5.45. The highest BCUT2D eigenvalue weighted by Gasteiger charge is 2.07. The van der Waals surface area contributed by atoms with Crippen LogP contribution in [0.25, 0.3) is 0 Å². The van der Waals surface area contributed by atoms with Gasteiger partial charge in [-0.2, -0.15) is 0 Å². The lowest BCUT2D eigenvalue weighted by atomic mass is 10.1. The van der Waals surface area contributed by atoms with Crippen LogP contribution in [0.3, 0.4) is 0 Å². The summed E-state index contributed by atoms with van der Waals surface area (Å²) in [6.45, 7) is 9.16. The second-order valence-electron chi connectivity index (χ2n) is 4.29. The third-order valence-electron chi connectivity index (χ3n) is 1.49. The molecule has 0 saturated heterocycles. The van der Waals surface area contributed by atoms with Gasteiger partial charge in [-0.1, -0.05) is 26.6 Å². The first-order valence-corrected chi connectivity index (χ1v) is 8.09. The molecule has 0 radical (unpaired) electrons. The summed E-state index contributed by atoms with van der Waals surface area (Å²) < 4.78 is 0. The standard InChI is InChI=1S/C10H20OSi/c1-10(6-5-8-11)7-9-12(2,3)4/h10-11H,5-6,8H2,1-4H3. The molecule has 1 N–H and O–H groups in total. The Morgan fingerprint density at radius 1 is 1.33 bits per heavy atom. The molecule has 0 saturated carbocycles. The lowest BCUT2D eigenvalue weighted by molar-refractivity contribution is 0.279. The number of rotatable bonds is 3. The van der Waals surface area contributed by atoms with Crippen molar-refractivity contribution in [3.05, 3.63) is 0 Å². The van der Waals surface area contributed by atoms with Crippen molar-refractivity contribution in [2.24, 2.45) is 5.92 Å². The van der Waals surface area contributed by atoms with E-state index in [0.717, 1.165) is 12.8 Å². The topological polar surface area (TPSA) is 20.2 Å². The van der Waals surface area contributed by atoms with E-state index in [1.165, 1.54) is 0 Å². The summed E-state index contributed by atoms with van der Waals surface area (Å²) in [5.74, 6) is 3.71. The molecule has 0 bridgehead atoms. The quantitative estimate of drug-likeness (QED) is 0.527. The molecule has 0 aliphatic heterocycles. The third kappa shape index (κ3) is 7.84. The van der Waals surface area contributed by atoms with Gasteiger partial charge in [0, 0.05) is 12.5 Å². The van der Waals surface area contributed by atoms with E-state index in [9.17, 15) is 0 Å². The highest BCUT2D eigenvalue weighted by Crippen LogP contribution is 2.04. The summed E-state index contributed by atoms with van der Waals surface area (Å²) in [7, 11) is -1.18. The lowest BCUT2D eigenvalue weighted by Crippen LogP contribution is -2.16. The maximum absolute atomic E-state index is 8.60. The van der Waals surface area contributed by atoms with E-state index in [4.69, 9.17) is 5.11 Å². The Balaban J connectivity index is 3.79. The normalized spacial score (nSPS) is 13.4. The zero-order valence-electron chi connectivity index (χ0n) is 8.65. The maximum atomic E-state index is 8.60. The van der Waals surface area contributed by atoms with Gasteiger partial charge in [0.05, 0.1) is 0 Å². The molecule has 0 spiro atoms. The summed E-state index contributed by atoms with van der Waals surface area (Å²) in [6, 6.07) is 0. The highest BCUT2D eigenvalue weighted by molar-refractivity contribution is 6.83. The van der Waals surface area contributed by atoms with E-state index in [1.54, 1.807) is 0 Å². The smallest absolute Gasteiger partial charge is 0.129 e. The van der Waals surface area contributed by atoms with Crippen molar-refractivity contribution >= 4 is 8.07 Å². The minimum absolute atomic E-state index is 0.291. The van der Waals surface area contributed by atoms with E-state index in [1.807, 2.05) is 0 Å². The van der Waals surface area contributed by atoms with Crippen LogP contribution < -0.4 is 0 Å². The van der Waals surface area contributed by atoms with Crippen LogP contribution in [0.4, 0.5) is 0 Å². The molecule has 0 amide bonds. The Hall–Kier alpha value is -0.263. The largest absolute Gasteiger partial charge is 0.396 e. The van der Waals surface area contributed by atoms with Crippen LogP contribution in [0.2, 0.25) is 19.6 Å². The van der Waals surface area contributed by atoms with Crippen LogP contribution in [0.15, 0.2) is 0 Å². The zero-order valence-corrected chi connectivity index (χ0v) is 9.65. The number of hydrogen-bond donors (Lipinski definition) is 1. The summed E-state index contributed by atoms with van der Waals surface area (Å²) in [5.41, 5.74) is 3.34. The number of aliphatic hydroxyl groups is 1. The molecule has 0 heterocycles. The SMILES string of the molecule is CC(C#C[Si](C)(C)C)CCCO. The van der Waals surface area contributed by atoms with Crippen molar-refractivity contribution in [1.29, 1.82) is 0 Å². The Labute approximate surface area is 77.2 Å². The van der Waals surface area contributed by atoms with E-state index < -0.39 is 8.07 Å². The fraction of sp³-hybridized carbons (Fsp3) is 0.800. The van der Waals surface area contributed by atoms with Crippen LogP contribution in [0, 0.1) is 17.4 Å². The molecule has 0 aliphatic rings. The van der Waals surface area contributed by atoms with Crippen molar-refractivity contribution < 1.29 is 5.11 Å². The van der Waals surface area contributed by atoms with E-state index in [2.05, 4.69) is 38.0 Å². The summed E-state index contributed by atoms with van der Waals surface area (Å²) in [5, 5.41) is 8.60. The molecule has 1 nitrogen and oxygen atoms in total. The van der Waals surface area contributed by atoms with Gasteiger partial charge in [-0.3, -0.25) is 0 Å². The predicted octanol–water partition coefficient (Wildman–Crippen LogP) is 2.28. The lowest BCUT2D eigenvalue weighted by Gasteiger charge is -2.06. The Kier molecular flexibility index (Phi) is 5.28. The molecule has 0 rings (SSSR count). The van der Waals surface area contributed by atoms with Crippen molar-refractivity contribution in [1.82, 2.24) is 0 Å². The van der Waals surface area contributed by atoms with Crippen LogP contribution in [0.5, 0.6) is 0 Å². The van der Waals surface area contributed by atoms with E-state index in [-0.39, 0.29) is 0 Å². The van der Waals surface area contributed by atoms with Crippen LogP contribution in [-0.4, -0.2) is 19.8 Å². The Morgan fingerprint density at radius 2 is 1.92 bits per heavy atom. The highest BCUT2D eigenvalue weighted by atomic mass is 28.3. The molecule has 0 aromatic rings. The van der Waals surface area contributed by atoms with Crippen molar-refractivity contribution in [3.63, 3.8) is 0 Å². The van der Waals surface area contributed by atoms with Gasteiger partial charge in [0.2, 0.25) is 0 Å². The summed E-state index contributed by atoms with van der Waals surface area (Å²) >= 11 is 0. The molecule has 0 aromatic carbocycles. The van der Waals surface area contributed by atoms with Crippen molar-refractivity contribution in [3.8, 4) is 11.5 Å². The molecule has 0 aliphatic carbocycles. The monoisotopic (exact) mass is 184 g/mol. The number of hydrogen-bond acceptors (Lipinski definition) is 1. The first kappa shape index (κ1) is 11.7. The third-order valence-corrected chi connectivity index (χ3v) is 2.38. The van der Waals surface area contributed by atoms with Gasteiger partial charge in [-0.05, 0) is 12.8 Å². The minimum Gasteiger partial charge on any atom is -0.396 e. The molecular formula is C10H20OSi. The number of aliphatic hydroxyl groups excluding tert-OH is 1. The van der Waals surface area contributed by atoms with Gasteiger partial charge in [-0.25, -0.2) is 0 Å². The van der Waals surface area contributed by atoms with Crippen LogP contribution >= 0.6 is 0 Å². The summed E-state index contributed by atoms with van der Waals surface area (Å²) in [6.07, 6.45) is 1.90. The zero-order chi connectivity index (χ0) is 9.61. The molecule has 0 fully saturated rings. The molecule has 70 valence electrons. The fourth-order valence-electron chi connectivity index (χ4n) is 0.809. The summed E-state index contributed by atoms with van der Waals surface area (Å²) in [4.78, 5) is 0. The molecule has 0 aromatic heterocycles. The van der Waals surface area contributed by atoms with Gasteiger partial charge in [0.15, 0.2) is 0 Å². The van der Waals surface area contributed by atoms with Gasteiger partial charge < -0.3 is 5.11 Å². The predicted molar refractivity (Wildman–Crippen MR) is 56.6 cm³/mol. The molecule has 12 heavy (non-hydrogen) atoms.